The summed E-state index contributed by atoms with van der Waals surface area (Å²) in [4.78, 5) is 0. The molecule has 1 unspecified atom stereocenters. The van der Waals surface area contributed by atoms with E-state index < -0.39 is 0 Å². The summed E-state index contributed by atoms with van der Waals surface area (Å²) >= 11 is 0. The second-order valence-electron chi connectivity index (χ2n) is 6.08. The van der Waals surface area contributed by atoms with E-state index in [0.29, 0.717) is 6.04 Å². The molecule has 0 saturated heterocycles. The fraction of sp³-hybridized carbons (Fsp3) is 0.333. The van der Waals surface area contributed by atoms with Gasteiger partial charge in [0.2, 0.25) is 0 Å². The molecule has 2 aromatic carbocycles. The molecule has 1 N–H and O–H groups in total. The number of anilines is 1. The summed E-state index contributed by atoms with van der Waals surface area (Å²) < 4.78 is 0. The van der Waals surface area contributed by atoms with Crippen molar-refractivity contribution in [3.63, 3.8) is 0 Å². The Bertz CT molecular complexity index is 557. The number of rotatable bonds is 1. The van der Waals surface area contributed by atoms with Crippen molar-refractivity contribution in [3.05, 3.63) is 65.7 Å². The first kappa shape index (κ1) is 12.3. The van der Waals surface area contributed by atoms with E-state index >= 15 is 0 Å². The third-order valence-electron chi connectivity index (χ3n) is 4.25. The molecule has 0 aromatic heterocycles. The third-order valence-corrected chi connectivity index (χ3v) is 4.25. The van der Waals surface area contributed by atoms with E-state index in [2.05, 4.69) is 73.8 Å². The van der Waals surface area contributed by atoms with Gasteiger partial charge >= 0.3 is 0 Å². The molecule has 0 saturated carbocycles. The van der Waals surface area contributed by atoms with Gasteiger partial charge in [-0.15, -0.1) is 0 Å². The fourth-order valence-electron chi connectivity index (χ4n) is 3.03. The minimum absolute atomic E-state index is 0.243. The predicted molar refractivity (Wildman–Crippen MR) is 81.5 cm³/mol. The zero-order valence-corrected chi connectivity index (χ0v) is 11.7. The van der Waals surface area contributed by atoms with Gasteiger partial charge in [-0.05, 0) is 35.4 Å². The molecule has 0 aliphatic carbocycles. The smallest absolute Gasteiger partial charge is 0.0514 e. The van der Waals surface area contributed by atoms with Gasteiger partial charge in [0, 0.05) is 5.69 Å². The van der Waals surface area contributed by atoms with Crippen molar-refractivity contribution in [2.75, 3.05) is 5.32 Å². The average molecular weight is 251 g/mol. The van der Waals surface area contributed by atoms with Gasteiger partial charge < -0.3 is 5.32 Å². The topological polar surface area (TPSA) is 12.0 Å². The Labute approximate surface area is 115 Å². The van der Waals surface area contributed by atoms with Gasteiger partial charge in [0.25, 0.3) is 0 Å². The quantitative estimate of drug-likeness (QED) is 0.759. The van der Waals surface area contributed by atoms with Crippen LogP contribution in [0.25, 0.3) is 0 Å². The van der Waals surface area contributed by atoms with Gasteiger partial charge in [0.05, 0.1) is 6.04 Å². The Balaban J connectivity index is 1.99. The van der Waals surface area contributed by atoms with Crippen molar-refractivity contribution in [2.24, 2.45) is 0 Å². The summed E-state index contributed by atoms with van der Waals surface area (Å²) in [6.07, 6.45) is 2.38. The highest BCUT2D eigenvalue weighted by atomic mass is 14.9. The fourth-order valence-corrected chi connectivity index (χ4v) is 3.03. The lowest BCUT2D eigenvalue weighted by Gasteiger charge is -2.24. The van der Waals surface area contributed by atoms with Crippen molar-refractivity contribution in [2.45, 2.75) is 38.1 Å². The van der Waals surface area contributed by atoms with Gasteiger partial charge in [-0.3, -0.25) is 0 Å². The Morgan fingerprint density at radius 2 is 1.63 bits per heavy atom. The number of fused-ring (bicyclic) bond motifs is 1. The monoisotopic (exact) mass is 251 g/mol. The van der Waals surface area contributed by atoms with Crippen LogP contribution in [0, 0.1) is 0 Å². The van der Waals surface area contributed by atoms with E-state index in [4.69, 9.17) is 0 Å². The maximum Gasteiger partial charge on any atom is 0.0514 e. The van der Waals surface area contributed by atoms with Crippen LogP contribution in [0.5, 0.6) is 0 Å². The van der Waals surface area contributed by atoms with Gasteiger partial charge in [-0.2, -0.15) is 0 Å². The highest BCUT2D eigenvalue weighted by Gasteiger charge is 2.29. The first-order chi connectivity index (χ1) is 9.17. The molecule has 98 valence electrons. The van der Waals surface area contributed by atoms with Crippen molar-refractivity contribution in [3.8, 4) is 0 Å². The molecule has 0 bridgehead atoms. The second-order valence-corrected chi connectivity index (χ2v) is 6.08. The van der Waals surface area contributed by atoms with Gasteiger partial charge in [0.15, 0.2) is 0 Å². The maximum absolute atomic E-state index is 3.73. The highest BCUT2D eigenvalue weighted by molar-refractivity contribution is 5.56. The lowest BCUT2D eigenvalue weighted by Crippen LogP contribution is -2.16. The molecular weight excluding hydrogens is 230 g/mol. The summed E-state index contributed by atoms with van der Waals surface area (Å²) in [5.41, 5.74) is 4.36. The largest absolute Gasteiger partial charge is 0.378 e. The number of hydrogen-bond donors (Lipinski definition) is 1. The summed E-state index contributed by atoms with van der Waals surface area (Å²) in [5, 5.41) is 3.73. The Kier molecular flexibility index (Phi) is 3.06. The minimum atomic E-state index is 0.243. The van der Waals surface area contributed by atoms with Gasteiger partial charge in [-0.1, -0.05) is 62.4 Å². The summed E-state index contributed by atoms with van der Waals surface area (Å²) in [6, 6.07) is 19.9. The van der Waals surface area contributed by atoms with E-state index in [9.17, 15) is 0 Å². The molecule has 2 aromatic rings. The molecule has 1 nitrogen and oxygen atoms in total. The lowest BCUT2D eigenvalue weighted by molar-refractivity contribution is 0.457. The van der Waals surface area contributed by atoms with E-state index in [1.165, 1.54) is 29.7 Å². The molecule has 0 amide bonds. The summed E-state index contributed by atoms with van der Waals surface area (Å²) in [5.74, 6) is 0. The molecule has 1 aliphatic rings. The number of para-hydroxylation sites is 1. The van der Waals surface area contributed by atoms with Crippen LogP contribution in [0.2, 0.25) is 0 Å². The summed E-state index contributed by atoms with van der Waals surface area (Å²) in [7, 11) is 0. The molecule has 1 heteroatoms. The molecule has 0 spiro atoms. The Morgan fingerprint density at radius 1 is 0.947 bits per heavy atom. The first-order valence-electron chi connectivity index (χ1n) is 7.08. The zero-order valence-electron chi connectivity index (χ0n) is 11.7. The standard InChI is InChI=1S/C18H21N/c1-18(2)13-12-16(14-8-4-3-5-9-14)19-17-11-7-6-10-15(17)18/h3-11,16,19H,12-13H2,1-2H3. The van der Waals surface area contributed by atoms with E-state index in [1.807, 2.05) is 0 Å². The molecule has 0 radical (unpaired) electrons. The molecule has 1 atom stereocenters. The lowest BCUT2D eigenvalue weighted by atomic mass is 9.80. The van der Waals surface area contributed by atoms with Crippen molar-refractivity contribution < 1.29 is 0 Å². The maximum atomic E-state index is 3.73. The predicted octanol–water partition coefficient (Wildman–Crippen LogP) is 4.91. The van der Waals surface area contributed by atoms with Crippen LogP contribution in [0.4, 0.5) is 5.69 Å². The normalized spacial score (nSPS) is 21.1. The Hall–Kier alpha value is -1.76. The van der Waals surface area contributed by atoms with Crippen LogP contribution in [-0.2, 0) is 5.41 Å². The molecule has 19 heavy (non-hydrogen) atoms. The van der Waals surface area contributed by atoms with Gasteiger partial charge in [0.1, 0.15) is 0 Å². The molecule has 1 aliphatic heterocycles. The van der Waals surface area contributed by atoms with E-state index in [0.717, 1.165) is 0 Å². The van der Waals surface area contributed by atoms with E-state index in [-0.39, 0.29) is 5.41 Å². The third kappa shape index (κ3) is 2.37. The zero-order chi connectivity index (χ0) is 13.3. The highest BCUT2D eigenvalue weighted by Crippen LogP contribution is 2.41. The second kappa shape index (κ2) is 4.73. The van der Waals surface area contributed by atoms with Crippen LogP contribution in [0.3, 0.4) is 0 Å². The molecule has 0 fully saturated rings. The summed E-state index contributed by atoms with van der Waals surface area (Å²) in [6.45, 7) is 4.70. The van der Waals surface area contributed by atoms with Crippen LogP contribution in [-0.4, -0.2) is 0 Å². The van der Waals surface area contributed by atoms with E-state index in [1.54, 1.807) is 0 Å². The van der Waals surface area contributed by atoms with Crippen molar-refractivity contribution >= 4 is 5.69 Å². The SMILES string of the molecule is CC1(C)CCC(c2ccccc2)Nc2ccccc21. The average Bonchev–Trinajstić information content (AvgIpc) is 2.57. The minimum Gasteiger partial charge on any atom is -0.378 e. The molecule has 3 rings (SSSR count). The molecular formula is C18H21N. The number of hydrogen-bond acceptors (Lipinski definition) is 1. The van der Waals surface area contributed by atoms with Crippen LogP contribution >= 0.6 is 0 Å². The number of benzene rings is 2. The van der Waals surface area contributed by atoms with Crippen molar-refractivity contribution in [1.82, 2.24) is 0 Å². The van der Waals surface area contributed by atoms with Gasteiger partial charge in [-0.25, -0.2) is 0 Å². The first-order valence-corrected chi connectivity index (χ1v) is 7.08. The molecule has 1 heterocycles. The van der Waals surface area contributed by atoms with Crippen LogP contribution in [0.15, 0.2) is 54.6 Å². The van der Waals surface area contributed by atoms with Crippen LogP contribution in [0.1, 0.15) is 43.9 Å². The van der Waals surface area contributed by atoms with Crippen molar-refractivity contribution in [1.29, 1.82) is 0 Å². The Morgan fingerprint density at radius 3 is 2.42 bits per heavy atom. The van der Waals surface area contributed by atoms with Crippen LogP contribution < -0.4 is 5.32 Å². The number of nitrogens with one attached hydrogen (secondary N) is 1.